The van der Waals surface area contributed by atoms with Crippen molar-refractivity contribution < 1.29 is 19.6 Å². The Morgan fingerprint density at radius 2 is 1.38 bits per heavy atom. The van der Waals surface area contributed by atoms with E-state index in [2.05, 4.69) is 13.8 Å². The fourth-order valence-electron chi connectivity index (χ4n) is 1.31. The predicted molar refractivity (Wildman–Crippen MR) is 60.4 cm³/mol. The van der Waals surface area contributed by atoms with Gasteiger partial charge in [-0.2, -0.15) is 9.78 Å². The van der Waals surface area contributed by atoms with E-state index in [4.69, 9.17) is 19.6 Å². The largest absolute Gasteiger partial charge is 0.233 e. The summed E-state index contributed by atoms with van der Waals surface area (Å²) < 4.78 is 0. The first-order valence-electron chi connectivity index (χ1n) is 5.80. The second-order valence-electron chi connectivity index (χ2n) is 6.34. The zero-order chi connectivity index (χ0) is 12.4. The molecular weight excluding hydrogens is 208 g/mol. The topological polar surface area (TPSA) is 36.9 Å². The quantitative estimate of drug-likeness (QED) is 0.601. The molecule has 0 atom stereocenters. The third-order valence-corrected chi connectivity index (χ3v) is 2.58. The normalized spacial score (nSPS) is 29.6. The van der Waals surface area contributed by atoms with Gasteiger partial charge in [-0.25, -0.2) is 9.78 Å². The van der Waals surface area contributed by atoms with E-state index in [0.717, 1.165) is 12.8 Å². The molecule has 1 rings (SSSR count). The lowest BCUT2D eigenvalue weighted by Crippen LogP contribution is -2.38. The molecule has 1 aliphatic rings. The second kappa shape index (κ2) is 4.61. The predicted octanol–water partition coefficient (Wildman–Crippen LogP) is 3.22. The first kappa shape index (κ1) is 13.9. The molecule has 96 valence electrons. The lowest BCUT2D eigenvalue weighted by atomic mass is 9.85. The maximum Gasteiger partial charge on any atom is 0.228 e. The van der Waals surface area contributed by atoms with Crippen molar-refractivity contribution in [3.63, 3.8) is 0 Å². The maximum absolute atomic E-state index is 5.41. The summed E-state index contributed by atoms with van der Waals surface area (Å²) in [6.07, 6.45) is 1.91. The van der Waals surface area contributed by atoms with E-state index in [1.165, 1.54) is 0 Å². The van der Waals surface area contributed by atoms with Crippen LogP contribution in [0, 0.1) is 5.41 Å². The molecule has 0 aromatic rings. The summed E-state index contributed by atoms with van der Waals surface area (Å²) >= 11 is 0. The molecule has 0 spiro atoms. The summed E-state index contributed by atoms with van der Waals surface area (Å²) in [6.45, 7) is 12.4. The van der Waals surface area contributed by atoms with Gasteiger partial charge in [0.05, 0.1) is 12.2 Å². The van der Waals surface area contributed by atoms with Crippen LogP contribution in [0.15, 0.2) is 0 Å². The van der Waals surface area contributed by atoms with E-state index in [1.54, 1.807) is 13.8 Å². The number of hydrogen-bond donors (Lipinski definition) is 0. The van der Waals surface area contributed by atoms with Gasteiger partial charge in [0.25, 0.3) is 0 Å². The molecule has 0 N–H and O–H groups in total. The van der Waals surface area contributed by atoms with Crippen LogP contribution in [-0.2, 0) is 19.6 Å². The van der Waals surface area contributed by atoms with Crippen LogP contribution < -0.4 is 0 Å². The Kier molecular flexibility index (Phi) is 4.00. The summed E-state index contributed by atoms with van der Waals surface area (Å²) in [7, 11) is 0. The van der Waals surface area contributed by atoms with E-state index in [9.17, 15) is 0 Å². The highest BCUT2D eigenvalue weighted by Crippen LogP contribution is 2.31. The van der Waals surface area contributed by atoms with Gasteiger partial charge in [0, 0.05) is 0 Å². The molecule has 16 heavy (non-hydrogen) atoms. The molecule has 0 aromatic heterocycles. The molecule has 0 unspecified atom stereocenters. The minimum absolute atomic E-state index is 0.0774. The third-order valence-electron chi connectivity index (χ3n) is 2.58. The second-order valence-corrected chi connectivity index (χ2v) is 6.34. The Morgan fingerprint density at radius 3 is 2.00 bits per heavy atom. The molecule has 0 bridgehead atoms. The zero-order valence-corrected chi connectivity index (χ0v) is 11.3. The van der Waals surface area contributed by atoms with Crippen LogP contribution in [0.2, 0.25) is 0 Å². The van der Waals surface area contributed by atoms with E-state index < -0.39 is 5.79 Å². The Hall–Kier alpha value is -0.160. The van der Waals surface area contributed by atoms with Gasteiger partial charge in [-0.15, -0.1) is 0 Å². The van der Waals surface area contributed by atoms with Crippen LogP contribution in [0.5, 0.6) is 0 Å². The van der Waals surface area contributed by atoms with Crippen molar-refractivity contribution in [3.8, 4) is 0 Å². The lowest BCUT2D eigenvalue weighted by Gasteiger charge is -2.35. The average molecular weight is 232 g/mol. The molecule has 4 heteroatoms. The molecule has 1 heterocycles. The molecular formula is C12H24O4. The van der Waals surface area contributed by atoms with E-state index in [1.807, 2.05) is 13.8 Å². The van der Waals surface area contributed by atoms with Gasteiger partial charge in [0.15, 0.2) is 0 Å². The molecule has 0 amide bonds. The summed E-state index contributed by atoms with van der Waals surface area (Å²) in [5, 5.41) is 0. The van der Waals surface area contributed by atoms with Crippen molar-refractivity contribution in [2.24, 2.45) is 5.41 Å². The SMILES string of the molecule is CC1(C)CCC(C)(C)OOC(C)(C)OOC1. The Bertz CT molecular complexity index is 211. The molecule has 1 saturated heterocycles. The number of rotatable bonds is 0. The summed E-state index contributed by atoms with van der Waals surface area (Å²) in [6, 6.07) is 0. The monoisotopic (exact) mass is 232 g/mol. The van der Waals surface area contributed by atoms with Gasteiger partial charge in [-0.05, 0) is 46.0 Å². The summed E-state index contributed by atoms with van der Waals surface area (Å²) in [4.78, 5) is 21.0. The van der Waals surface area contributed by atoms with E-state index in [-0.39, 0.29) is 11.0 Å². The van der Waals surface area contributed by atoms with Crippen LogP contribution in [0.25, 0.3) is 0 Å². The highest BCUT2D eigenvalue weighted by atomic mass is 17.3. The summed E-state index contributed by atoms with van der Waals surface area (Å²) in [5.41, 5.74) is -0.233. The average Bonchev–Trinajstić information content (AvgIpc) is 2.11. The highest BCUT2D eigenvalue weighted by molar-refractivity contribution is 4.75. The van der Waals surface area contributed by atoms with Gasteiger partial charge < -0.3 is 0 Å². The standard InChI is InChI=1S/C12H24O4/c1-10(2)7-8-11(3,4)14-16-12(5,6)15-13-9-10/h7-9H2,1-6H3. The molecule has 1 fully saturated rings. The molecule has 1 aliphatic heterocycles. The van der Waals surface area contributed by atoms with Crippen molar-refractivity contribution >= 4 is 0 Å². The molecule has 0 saturated carbocycles. The van der Waals surface area contributed by atoms with Crippen LogP contribution >= 0.6 is 0 Å². The Labute approximate surface area is 98.1 Å². The van der Waals surface area contributed by atoms with Crippen molar-refractivity contribution in [2.45, 2.75) is 65.8 Å². The molecule has 0 radical (unpaired) electrons. The first-order chi connectivity index (χ1) is 7.12. The smallest absolute Gasteiger partial charge is 0.228 e. The van der Waals surface area contributed by atoms with Crippen LogP contribution in [-0.4, -0.2) is 18.0 Å². The highest BCUT2D eigenvalue weighted by Gasteiger charge is 2.33. The van der Waals surface area contributed by atoms with Crippen molar-refractivity contribution in [3.05, 3.63) is 0 Å². The molecule has 4 nitrogen and oxygen atoms in total. The fourth-order valence-corrected chi connectivity index (χ4v) is 1.31. The molecule has 0 aliphatic carbocycles. The first-order valence-corrected chi connectivity index (χ1v) is 5.80. The van der Waals surface area contributed by atoms with Gasteiger partial charge in [0.2, 0.25) is 5.79 Å². The van der Waals surface area contributed by atoms with Gasteiger partial charge in [-0.3, -0.25) is 0 Å². The van der Waals surface area contributed by atoms with Crippen molar-refractivity contribution in [1.82, 2.24) is 0 Å². The Morgan fingerprint density at radius 1 is 0.750 bits per heavy atom. The van der Waals surface area contributed by atoms with Gasteiger partial charge in [0.1, 0.15) is 0 Å². The molecule has 0 aromatic carbocycles. The van der Waals surface area contributed by atoms with Gasteiger partial charge in [-0.1, -0.05) is 13.8 Å². The van der Waals surface area contributed by atoms with E-state index in [0.29, 0.717) is 6.61 Å². The Balaban J connectivity index is 2.69. The van der Waals surface area contributed by atoms with E-state index >= 15 is 0 Å². The van der Waals surface area contributed by atoms with Crippen LogP contribution in [0.1, 0.15) is 54.4 Å². The fraction of sp³-hybridized carbons (Fsp3) is 1.00. The minimum atomic E-state index is -0.884. The van der Waals surface area contributed by atoms with Gasteiger partial charge >= 0.3 is 0 Å². The number of hydrogen-bond acceptors (Lipinski definition) is 4. The van der Waals surface area contributed by atoms with Crippen LogP contribution in [0.3, 0.4) is 0 Å². The lowest BCUT2D eigenvalue weighted by molar-refractivity contribution is -0.525. The third kappa shape index (κ3) is 4.78. The van der Waals surface area contributed by atoms with Crippen molar-refractivity contribution in [1.29, 1.82) is 0 Å². The minimum Gasteiger partial charge on any atom is -0.233 e. The summed E-state index contributed by atoms with van der Waals surface area (Å²) in [5.74, 6) is -0.884. The van der Waals surface area contributed by atoms with Crippen LogP contribution in [0.4, 0.5) is 0 Å². The van der Waals surface area contributed by atoms with Crippen molar-refractivity contribution in [2.75, 3.05) is 6.61 Å². The zero-order valence-electron chi connectivity index (χ0n) is 11.3. The maximum atomic E-state index is 5.41.